The Morgan fingerprint density at radius 1 is 1.42 bits per heavy atom. The summed E-state index contributed by atoms with van der Waals surface area (Å²) >= 11 is 4.79. The van der Waals surface area contributed by atoms with Crippen molar-refractivity contribution < 1.29 is 4.79 Å². The highest BCUT2D eigenvalue weighted by atomic mass is 32.2. The van der Waals surface area contributed by atoms with Crippen LogP contribution in [0.15, 0.2) is 8.68 Å². The molecule has 1 fully saturated rings. The summed E-state index contributed by atoms with van der Waals surface area (Å²) in [5.74, 6) is 2.36. The number of hydrogen-bond donors (Lipinski definition) is 0. The summed E-state index contributed by atoms with van der Waals surface area (Å²) in [5.41, 5.74) is 0. The summed E-state index contributed by atoms with van der Waals surface area (Å²) in [4.78, 5) is 14.1. The van der Waals surface area contributed by atoms with Crippen LogP contribution in [0.4, 0.5) is 0 Å². The molecule has 1 atom stereocenters. The van der Waals surface area contributed by atoms with Crippen LogP contribution in [0.1, 0.15) is 26.7 Å². The first-order chi connectivity index (χ1) is 9.19. The van der Waals surface area contributed by atoms with Gasteiger partial charge in [0.25, 0.3) is 0 Å². The summed E-state index contributed by atoms with van der Waals surface area (Å²) in [6.07, 6.45) is 2.37. The van der Waals surface area contributed by atoms with Crippen molar-refractivity contribution in [1.82, 2.24) is 15.1 Å². The van der Waals surface area contributed by atoms with Gasteiger partial charge < -0.3 is 4.90 Å². The predicted octanol–water partition coefficient (Wildman–Crippen LogP) is 3.00. The van der Waals surface area contributed by atoms with E-state index in [0.717, 1.165) is 33.9 Å². The van der Waals surface area contributed by atoms with Crippen molar-refractivity contribution >= 4 is 40.8 Å². The number of carbonyl (C=O) groups excluding carboxylic acids is 1. The highest BCUT2D eigenvalue weighted by molar-refractivity contribution is 8.03. The number of hydrogen-bond acceptors (Lipinski definition) is 6. The van der Waals surface area contributed by atoms with Crippen LogP contribution in [-0.2, 0) is 4.79 Å². The molecule has 1 aromatic heterocycles. The molecule has 0 N–H and O–H groups in total. The van der Waals surface area contributed by atoms with Gasteiger partial charge in [-0.25, -0.2) is 0 Å². The van der Waals surface area contributed by atoms with E-state index >= 15 is 0 Å². The molecule has 1 unspecified atom stereocenters. The van der Waals surface area contributed by atoms with Gasteiger partial charge in [0.2, 0.25) is 5.91 Å². The molecule has 0 spiro atoms. The average molecular weight is 318 g/mol. The predicted molar refractivity (Wildman–Crippen MR) is 82.0 cm³/mol. The topological polar surface area (TPSA) is 46.1 Å². The van der Waals surface area contributed by atoms with Gasteiger partial charge in [0.05, 0.1) is 5.75 Å². The third kappa shape index (κ3) is 4.65. The Bertz CT molecular complexity index is 424. The van der Waals surface area contributed by atoms with Crippen LogP contribution in [0.3, 0.4) is 0 Å². The largest absolute Gasteiger partial charge is 0.342 e. The number of aromatic nitrogens is 2. The fourth-order valence-electron chi connectivity index (χ4n) is 2.07. The second-order valence-electron chi connectivity index (χ2n) is 4.64. The molecule has 7 heteroatoms. The van der Waals surface area contributed by atoms with Gasteiger partial charge >= 0.3 is 0 Å². The standard InChI is InChI=1S/C12H19N3OS3/c1-3-17-11-13-14-12(19-11)18-8-10(16)15-6-4-5-9(2)7-15/h9H,3-8H2,1-2H3. The van der Waals surface area contributed by atoms with Crippen molar-refractivity contribution in [2.45, 2.75) is 35.4 Å². The van der Waals surface area contributed by atoms with Crippen molar-refractivity contribution in [3.8, 4) is 0 Å². The number of carbonyl (C=O) groups is 1. The SMILES string of the molecule is CCSc1nnc(SCC(=O)N2CCCC(C)C2)s1. The van der Waals surface area contributed by atoms with E-state index in [2.05, 4.69) is 24.0 Å². The van der Waals surface area contributed by atoms with Gasteiger partial charge in [-0.05, 0) is 24.5 Å². The molecule has 1 aromatic rings. The number of amides is 1. The Kier molecular flexibility index (Phi) is 5.97. The molecule has 4 nitrogen and oxygen atoms in total. The molecule has 1 saturated heterocycles. The van der Waals surface area contributed by atoms with Gasteiger partial charge in [-0.2, -0.15) is 0 Å². The van der Waals surface area contributed by atoms with Crippen LogP contribution in [0, 0.1) is 5.92 Å². The van der Waals surface area contributed by atoms with Gasteiger partial charge in [0.15, 0.2) is 8.68 Å². The summed E-state index contributed by atoms with van der Waals surface area (Å²) in [5, 5.41) is 8.20. The fourth-order valence-corrected chi connectivity index (χ4v) is 4.89. The maximum absolute atomic E-state index is 12.1. The first-order valence-electron chi connectivity index (χ1n) is 6.56. The Morgan fingerprint density at radius 2 is 2.16 bits per heavy atom. The van der Waals surface area contributed by atoms with E-state index in [9.17, 15) is 4.79 Å². The molecule has 2 heterocycles. The van der Waals surface area contributed by atoms with Crippen molar-refractivity contribution in [3.63, 3.8) is 0 Å². The lowest BCUT2D eigenvalue weighted by atomic mass is 10.0. The smallest absolute Gasteiger partial charge is 0.233 e. The molecule has 0 saturated carbocycles. The Balaban J connectivity index is 1.79. The number of nitrogens with zero attached hydrogens (tertiary/aromatic N) is 3. The van der Waals surface area contributed by atoms with Crippen LogP contribution in [0.5, 0.6) is 0 Å². The van der Waals surface area contributed by atoms with Crippen molar-refractivity contribution in [1.29, 1.82) is 0 Å². The molecule has 19 heavy (non-hydrogen) atoms. The summed E-state index contributed by atoms with van der Waals surface area (Å²) in [6.45, 7) is 6.13. The summed E-state index contributed by atoms with van der Waals surface area (Å²) in [6, 6.07) is 0. The Hall–Kier alpha value is -0.270. The molecule has 0 bridgehead atoms. The maximum Gasteiger partial charge on any atom is 0.233 e. The number of likely N-dealkylation sites (tertiary alicyclic amines) is 1. The number of piperidine rings is 1. The van der Waals surface area contributed by atoms with Gasteiger partial charge in [0, 0.05) is 13.1 Å². The molecule has 0 aromatic carbocycles. The zero-order chi connectivity index (χ0) is 13.7. The molecular weight excluding hydrogens is 298 g/mol. The van der Waals surface area contributed by atoms with Crippen LogP contribution < -0.4 is 0 Å². The van der Waals surface area contributed by atoms with E-state index in [1.165, 1.54) is 18.2 Å². The van der Waals surface area contributed by atoms with Crippen LogP contribution in [0.2, 0.25) is 0 Å². The van der Waals surface area contributed by atoms with Crippen molar-refractivity contribution in [3.05, 3.63) is 0 Å². The quantitative estimate of drug-likeness (QED) is 0.781. The monoisotopic (exact) mass is 317 g/mol. The normalized spacial score (nSPS) is 19.7. The van der Waals surface area contributed by atoms with Gasteiger partial charge in [-0.1, -0.05) is 48.7 Å². The van der Waals surface area contributed by atoms with E-state index in [4.69, 9.17) is 0 Å². The van der Waals surface area contributed by atoms with Gasteiger partial charge in [-0.15, -0.1) is 10.2 Å². The van der Waals surface area contributed by atoms with Crippen molar-refractivity contribution in [2.24, 2.45) is 5.92 Å². The summed E-state index contributed by atoms with van der Waals surface area (Å²) in [7, 11) is 0. The second kappa shape index (κ2) is 7.50. The molecule has 1 amide bonds. The first-order valence-corrected chi connectivity index (χ1v) is 9.34. The lowest BCUT2D eigenvalue weighted by Crippen LogP contribution is -2.40. The summed E-state index contributed by atoms with van der Waals surface area (Å²) < 4.78 is 1.89. The van der Waals surface area contributed by atoms with E-state index in [-0.39, 0.29) is 5.91 Å². The minimum absolute atomic E-state index is 0.233. The minimum atomic E-state index is 0.233. The highest BCUT2D eigenvalue weighted by Gasteiger charge is 2.21. The van der Waals surface area contributed by atoms with Crippen molar-refractivity contribution in [2.75, 3.05) is 24.6 Å². The Labute approximate surface area is 126 Å². The second-order valence-corrected chi connectivity index (χ2v) is 8.35. The molecule has 0 aliphatic carbocycles. The van der Waals surface area contributed by atoms with E-state index in [1.807, 2.05) is 4.90 Å². The maximum atomic E-state index is 12.1. The number of thioether (sulfide) groups is 2. The molecular formula is C12H19N3OS3. The average Bonchev–Trinajstić information content (AvgIpc) is 2.84. The van der Waals surface area contributed by atoms with Crippen LogP contribution in [0.25, 0.3) is 0 Å². The number of rotatable bonds is 5. The fraction of sp³-hybridized carbons (Fsp3) is 0.750. The van der Waals surface area contributed by atoms with Crippen LogP contribution >= 0.6 is 34.9 Å². The lowest BCUT2D eigenvalue weighted by Gasteiger charge is -2.30. The molecule has 106 valence electrons. The molecule has 1 aliphatic heterocycles. The van der Waals surface area contributed by atoms with Gasteiger partial charge in [-0.3, -0.25) is 4.79 Å². The van der Waals surface area contributed by atoms with Gasteiger partial charge in [0.1, 0.15) is 0 Å². The zero-order valence-corrected chi connectivity index (χ0v) is 13.7. The Morgan fingerprint density at radius 3 is 2.84 bits per heavy atom. The molecule has 0 radical (unpaired) electrons. The third-order valence-corrected chi connectivity index (χ3v) is 6.04. The lowest BCUT2D eigenvalue weighted by molar-refractivity contribution is -0.130. The van der Waals surface area contributed by atoms with E-state index in [0.29, 0.717) is 11.7 Å². The molecule has 1 aliphatic rings. The zero-order valence-electron chi connectivity index (χ0n) is 11.3. The molecule has 2 rings (SSSR count). The highest BCUT2D eigenvalue weighted by Crippen LogP contribution is 2.29. The van der Waals surface area contributed by atoms with E-state index < -0.39 is 0 Å². The minimum Gasteiger partial charge on any atom is -0.342 e. The van der Waals surface area contributed by atoms with Crippen LogP contribution in [-0.4, -0.2) is 45.6 Å². The van der Waals surface area contributed by atoms with E-state index in [1.54, 1.807) is 23.1 Å². The third-order valence-electron chi connectivity index (χ3n) is 2.98. The first kappa shape index (κ1) is 15.1.